The van der Waals surface area contributed by atoms with Crippen molar-refractivity contribution < 1.29 is 9.18 Å². The SMILES string of the molecule is NC(=O)c1cc(Nc2cc(Br)ccc2F)ncc1N. The number of halogens is 2. The fraction of sp³-hybridized carbons (Fsp3) is 0. The van der Waals surface area contributed by atoms with Crippen LogP contribution in [0.3, 0.4) is 0 Å². The molecular formula is C12H10BrFN4O. The van der Waals surface area contributed by atoms with Gasteiger partial charge in [-0.3, -0.25) is 4.79 Å². The van der Waals surface area contributed by atoms with Crippen molar-refractivity contribution in [3.8, 4) is 0 Å². The van der Waals surface area contributed by atoms with Crippen molar-refractivity contribution in [3.05, 3.63) is 46.3 Å². The number of hydrogen-bond acceptors (Lipinski definition) is 4. The molecule has 0 fully saturated rings. The number of carbonyl (C=O) groups excluding carboxylic acids is 1. The summed E-state index contributed by atoms with van der Waals surface area (Å²) in [6.07, 6.45) is 1.29. The average Bonchev–Trinajstić information content (AvgIpc) is 2.36. The van der Waals surface area contributed by atoms with Crippen molar-refractivity contribution in [2.75, 3.05) is 11.1 Å². The largest absolute Gasteiger partial charge is 0.397 e. The van der Waals surface area contributed by atoms with Crippen molar-refractivity contribution in [2.45, 2.75) is 0 Å². The van der Waals surface area contributed by atoms with Crippen molar-refractivity contribution in [1.82, 2.24) is 4.98 Å². The van der Waals surface area contributed by atoms with Gasteiger partial charge in [0.25, 0.3) is 5.91 Å². The van der Waals surface area contributed by atoms with E-state index in [1.807, 2.05) is 0 Å². The van der Waals surface area contributed by atoms with E-state index in [9.17, 15) is 9.18 Å². The monoisotopic (exact) mass is 324 g/mol. The highest BCUT2D eigenvalue weighted by atomic mass is 79.9. The minimum atomic E-state index is -0.669. The minimum absolute atomic E-state index is 0.132. The molecule has 0 saturated carbocycles. The Labute approximate surface area is 116 Å². The van der Waals surface area contributed by atoms with Gasteiger partial charge in [-0.15, -0.1) is 0 Å². The number of benzene rings is 1. The molecule has 5 nitrogen and oxygen atoms in total. The smallest absolute Gasteiger partial charge is 0.250 e. The number of rotatable bonds is 3. The van der Waals surface area contributed by atoms with Crippen LogP contribution in [-0.2, 0) is 0 Å². The third-order valence-electron chi connectivity index (χ3n) is 2.39. The molecule has 0 atom stereocenters. The maximum Gasteiger partial charge on any atom is 0.250 e. The van der Waals surface area contributed by atoms with Gasteiger partial charge in [0.1, 0.15) is 11.6 Å². The van der Waals surface area contributed by atoms with E-state index >= 15 is 0 Å². The zero-order chi connectivity index (χ0) is 14.0. The Balaban J connectivity index is 2.36. The maximum atomic E-state index is 13.6. The van der Waals surface area contributed by atoms with Gasteiger partial charge < -0.3 is 16.8 Å². The molecule has 1 aromatic carbocycles. The lowest BCUT2D eigenvalue weighted by Gasteiger charge is -2.09. The van der Waals surface area contributed by atoms with Gasteiger partial charge in [0, 0.05) is 4.47 Å². The van der Waals surface area contributed by atoms with Gasteiger partial charge in [0.2, 0.25) is 0 Å². The fourth-order valence-electron chi connectivity index (χ4n) is 1.48. The first-order valence-electron chi connectivity index (χ1n) is 5.25. The van der Waals surface area contributed by atoms with E-state index in [4.69, 9.17) is 11.5 Å². The number of aromatic nitrogens is 1. The Hall–Kier alpha value is -2.15. The molecule has 1 heterocycles. The highest BCUT2D eigenvalue weighted by Gasteiger charge is 2.09. The summed E-state index contributed by atoms with van der Waals surface area (Å²) in [4.78, 5) is 15.1. The fourth-order valence-corrected chi connectivity index (χ4v) is 1.84. The first-order chi connectivity index (χ1) is 8.97. The second-order valence-electron chi connectivity index (χ2n) is 3.77. The molecule has 2 aromatic rings. The maximum absolute atomic E-state index is 13.6. The quantitative estimate of drug-likeness (QED) is 0.808. The number of amides is 1. The summed E-state index contributed by atoms with van der Waals surface area (Å²) >= 11 is 3.24. The van der Waals surface area contributed by atoms with Gasteiger partial charge in [-0.05, 0) is 24.3 Å². The number of pyridine rings is 1. The predicted octanol–water partition coefficient (Wildman–Crippen LogP) is 2.41. The average molecular weight is 325 g/mol. The molecular weight excluding hydrogens is 315 g/mol. The van der Waals surface area contributed by atoms with Crippen LogP contribution in [0, 0.1) is 5.82 Å². The molecule has 0 aliphatic carbocycles. The van der Waals surface area contributed by atoms with Crippen LogP contribution in [0.2, 0.25) is 0 Å². The summed E-state index contributed by atoms with van der Waals surface area (Å²) in [5.41, 5.74) is 11.3. The lowest BCUT2D eigenvalue weighted by molar-refractivity contribution is 0.100. The van der Waals surface area contributed by atoms with Crippen LogP contribution in [0.5, 0.6) is 0 Å². The number of nitrogens with zero attached hydrogens (tertiary/aromatic N) is 1. The molecule has 0 unspecified atom stereocenters. The van der Waals surface area contributed by atoms with E-state index < -0.39 is 11.7 Å². The third-order valence-corrected chi connectivity index (χ3v) is 2.88. The lowest BCUT2D eigenvalue weighted by Crippen LogP contribution is -2.14. The Kier molecular flexibility index (Phi) is 3.66. The van der Waals surface area contributed by atoms with E-state index in [1.54, 1.807) is 12.1 Å². The number of carbonyl (C=O) groups is 1. The Morgan fingerprint density at radius 1 is 1.37 bits per heavy atom. The van der Waals surface area contributed by atoms with Crippen LogP contribution < -0.4 is 16.8 Å². The lowest BCUT2D eigenvalue weighted by atomic mass is 10.2. The molecule has 19 heavy (non-hydrogen) atoms. The van der Waals surface area contributed by atoms with Gasteiger partial charge in [0.05, 0.1) is 23.1 Å². The zero-order valence-electron chi connectivity index (χ0n) is 9.65. The number of nitrogens with one attached hydrogen (secondary N) is 1. The standard InChI is InChI=1S/C12H10BrFN4O/c13-6-1-2-8(14)10(3-6)18-11-4-7(12(16)19)9(15)5-17-11/h1-5H,15H2,(H2,16,19)(H,17,18). The minimum Gasteiger partial charge on any atom is -0.397 e. The molecule has 98 valence electrons. The van der Waals surface area contributed by atoms with Crippen molar-refractivity contribution in [1.29, 1.82) is 0 Å². The molecule has 0 radical (unpaired) electrons. The number of anilines is 3. The molecule has 0 bridgehead atoms. The van der Waals surface area contributed by atoms with Crippen molar-refractivity contribution in [3.63, 3.8) is 0 Å². The van der Waals surface area contributed by atoms with E-state index in [0.29, 0.717) is 4.47 Å². The van der Waals surface area contributed by atoms with Crippen LogP contribution in [0.4, 0.5) is 21.6 Å². The summed E-state index contributed by atoms with van der Waals surface area (Å²) in [6.45, 7) is 0. The topological polar surface area (TPSA) is 94.0 Å². The number of hydrogen-bond donors (Lipinski definition) is 3. The molecule has 0 aliphatic rings. The summed E-state index contributed by atoms with van der Waals surface area (Å²) < 4.78 is 14.3. The third kappa shape index (κ3) is 3.00. The van der Waals surface area contributed by atoms with Gasteiger partial charge >= 0.3 is 0 Å². The molecule has 5 N–H and O–H groups in total. The highest BCUT2D eigenvalue weighted by Crippen LogP contribution is 2.24. The van der Waals surface area contributed by atoms with E-state index in [1.165, 1.54) is 18.3 Å². The molecule has 1 amide bonds. The number of nitrogens with two attached hydrogens (primary N) is 2. The zero-order valence-corrected chi connectivity index (χ0v) is 11.2. The normalized spacial score (nSPS) is 10.2. The van der Waals surface area contributed by atoms with Crippen LogP contribution in [-0.4, -0.2) is 10.9 Å². The Bertz CT molecular complexity index is 648. The second-order valence-corrected chi connectivity index (χ2v) is 4.69. The first kappa shape index (κ1) is 13.3. The van der Waals surface area contributed by atoms with Gasteiger partial charge in [-0.1, -0.05) is 15.9 Å². The van der Waals surface area contributed by atoms with Crippen molar-refractivity contribution >= 4 is 39.0 Å². The van der Waals surface area contributed by atoms with Gasteiger partial charge in [0.15, 0.2) is 0 Å². The van der Waals surface area contributed by atoms with E-state index in [2.05, 4.69) is 26.2 Å². The van der Waals surface area contributed by atoms with Gasteiger partial charge in [-0.25, -0.2) is 9.37 Å². The highest BCUT2D eigenvalue weighted by molar-refractivity contribution is 9.10. The number of nitrogen functional groups attached to an aromatic ring is 1. The van der Waals surface area contributed by atoms with E-state index in [0.717, 1.165) is 0 Å². The van der Waals surface area contributed by atoms with Crippen LogP contribution >= 0.6 is 15.9 Å². The predicted molar refractivity (Wildman–Crippen MR) is 74.5 cm³/mol. The van der Waals surface area contributed by atoms with Crippen molar-refractivity contribution in [2.24, 2.45) is 5.73 Å². The van der Waals surface area contributed by atoms with Crippen LogP contribution in [0.15, 0.2) is 34.9 Å². The summed E-state index contributed by atoms with van der Waals surface area (Å²) in [5.74, 6) is -0.833. The second kappa shape index (κ2) is 5.23. The molecule has 1 aromatic heterocycles. The molecule has 2 rings (SSSR count). The summed E-state index contributed by atoms with van der Waals surface area (Å²) in [5, 5.41) is 2.76. The van der Waals surface area contributed by atoms with E-state index in [-0.39, 0.29) is 22.8 Å². The molecule has 7 heteroatoms. The Morgan fingerprint density at radius 3 is 2.79 bits per heavy atom. The molecule has 0 aliphatic heterocycles. The van der Waals surface area contributed by atoms with Gasteiger partial charge in [-0.2, -0.15) is 0 Å². The molecule has 0 saturated heterocycles. The first-order valence-corrected chi connectivity index (χ1v) is 6.04. The number of primary amides is 1. The Morgan fingerprint density at radius 2 is 2.11 bits per heavy atom. The summed E-state index contributed by atoms with van der Waals surface area (Å²) in [7, 11) is 0. The van der Waals surface area contributed by atoms with Crippen LogP contribution in [0.25, 0.3) is 0 Å². The molecule has 0 spiro atoms. The summed E-state index contributed by atoms with van der Waals surface area (Å²) in [6, 6.07) is 5.81. The van der Waals surface area contributed by atoms with Crippen LogP contribution in [0.1, 0.15) is 10.4 Å².